The summed E-state index contributed by atoms with van der Waals surface area (Å²) in [5.41, 5.74) is 2.69. The van der Waals surface area contributed by atoms with E-state index in [9.17, 15) is 19.8 Å². The van der Waals surface area contributed by atoms with Crippen molar-refractivity contribution < 1.29 is 19.8 Å². The van der Waals surface area contributed by atoms with E-state index in [-0.39, 0.29) is 12.3 Å². The van der Waals surface area contributed by atoms with E-state index < -0.39 is 24.0 Å². The molecule has 6 nitrogen and oxygen atoms in total. The van der Waals surface area contributed by atoms with E-state index in [1.54, 1.807) is 6.07 Å². The number of carbonyl (C=O) groups is 2. The summed E-state index contributed by atoms with van der Waals surface area (Å²) in [5.74, 6) is -2.02. The van der Waals surface area contributed by atoms with Crippen molar-refractivity contribution in [3.05, 3.63) is 69.8 Å². The van der Waals surface area contributed by atoms with Gasteiger partial charge in [-0.15, -0.1) is 0 Å². The highest BCUT2D eigenvalue weighted by molar-refractivity contribution is 6.34. The number of aliphatic carboxylic acids is 2. The summed E-state index contributed by atoms with van der Waals surface area (Å²) in [6.07, 6.45) is 2.41. The predicted molar refractivity (Wildman–Crippen MR) is 127 cm³/mol. The lowest BCUT2D eigenvalue weighted by molar-refractivity contribution is -0.142. The fraction of sp³-hybridized carbons (Fsp3) is 0.333. The van der Waals surface area contributed by atoms with Crippen LogP contribution in [0.3, 0.4) is 0 Å². The first-order chi connectivity index (χ1) is 15.1. The van der Waals surface area contributed by atoms with Crippen LogP contribution in [0.2, 0.25) is 10.0 Å². The molecular weight excluding hydrogens is 451 g/mol. The van der Waals surface area contributed by atoms with Crippen molar-refractivity contribution in [2.24, 2.45) is 5.92 Å². The Balaban J connectivity index is 1.92. The summed E-state index contributed by atoms with van der Waals surface area (Å²) in [4.78, 5) is 23.6. The molecule has 1 aromatic heterocycles. The van der Waals surface area contributed by atoms with E-state index in [0.29, 0.717) is 23.0 Å². The zero-order valence-electron chi connectivity index (χ0n) is 17.9. The second-order valence-electron chi connectivity index (χ2n) is 8.36. The summed E-state index contributed by atoms with van der Waals surface area (Å²) in [7, 11) is 0. The number of carboxylic acids is 2. The molecule has 32 heavy (non-hydrogen) atoms. The summed E-state index contributed by atoms with van der Waals surface area (Å²) >= 11 is 12.3. The normalized spacial score (nSPS) is 13.4. The van der Waals surface area contributed by atoms with E-state index >= 15 is 0 Å². The molecule has 2 aromatic carbocycles. The minimum Gasteiger partial charge on any atom is -0.480 e. The van der Waals surface area contributed by atoms with E-state index in [2.05, 4.69) is 5.32 Å². The minimum absolute atomic E-state index is 0.115. The molecule has 2 atom stereocenters. The molecule has 1 heterocycles. The molecule has 0 spiro atoms. The van der Waals surface area contributed by atoms with Gasteiger partial charge in [-0.1, -0.05) is 55.2 Å². The van der Waals surface area contributed by atoms with Crippen molar-refractivity contribution in [1.29, 1.82) is 0 Å². The number of benzene rings is 2. The molecule has 3 aromatic rings. The molecule has 3 rings (SSSR count). The Morgan fingerprint density at radius 1 is 1.00 bits per heavy atom. The maximum absolute atomic E-state index is 12.0. The van der Waals surface area contributed by atoms with E-state index in [1.165, 1.54) is 0 Å². The first-order valence-corrected chi connectivity index (χ1v) is 11.1. The SMILES string of the molecule is CC(C)C[C@H](NC(Cc1cn(Cc2cc(Cl)cc(Cl)c2)c2ccccc12)C(=O)O)C(=O)O. The zero-order valence-corrected chi connectivity index (χ0v) is 19.4. The van der Waals surface area contributed by atoms with Crippen molar-refractivity contribution >= 4 is 46.0 Å². The minimum atomic E-state index is -1.08. The van der Waals surface area contributed by atoms with Gasteiger partial charge in [0.25, 0.3) is 0 Å². The Labute approximate surface area is 196 Å². The molecule has 8 heteroatoms. The topological polar surface area (TPSA) is 91.6 Å². The van der Waals surface area contributed by atoms with Gasteiger partial charge >= 0.3 is 11.9 Å². The van der Waals surface area contributed by atoms with Gasteiger partial charge in [0.1, 0.15) is 12.1 Å². The first kappa shape index (κ1) is 24.1. The van der Waals surface area contributed by atoms with Crippen LogP contribution in [-0.2, 0) is 22.6 Å². The quantitative estimate of drug-likeness (QED) is 0.379. The molecule has 170 valence electrons. The highest BCUT2D eigenvalue weighted by Gasteiger charge is 2.27. The number of hydrogen-bond acceptors (Lipinski definition) is 3. The van der Waals surface area contributed by atoms with E-state index in [4.69, 9.17) is 23.2 Å². The van der Waals surface area contributed by atoms with Crippen LogP contribution in [0.15, 0.2) is 48.7 Å². The maximum Gasteiger partial charge on any atom is 0.321 e. The van der Waals surface area contributed by atoms with Crippen molar-refractivity contribution in [3.63, 3.8) is 0 Å². The number of carboxylic acid groups (broad SMARTS) is 2. The number of nitrogens with zero attached hydrogens (tertiary/aromatic N) is 1. The maximum atomic E-state index is 12.0. The molecule has 3 N–H and O–H groups in total. The van der Waals surface area contributed by atoms with E-state index in [1.807, 2.05) is 61.0 Å². The third-order valence-corrected chi connectivity index (χ3v) is 5.71. The third kappa shape index (κ3) is 6.03. The Morgan fingerprint density at radius 3 is 2.22 bits per heavy atom. The summed E-state index contributed by atoms with van der Waals surface area (Å²) in [5, 5.41) is 24.1. The van der Waals surface area contributed by atoms with Crippen molar-refractivity contribution in [1.82, 2.24) is 9.88 Å². The van der Waals surface area contributed by atoms with Gasteiger partial charge in [0.15, 0.2) is 0 Å². The van der Waals surface area contributed by atoms with Gasteiger partial charge in [0, 0.05) is 40.1 Å². The molecule has 0 aliphatic rings. The smallest absolute Gasteiger partial charge is 0.321 e. The Kier molecular flexibility index (Phi) is 7.82. The number of hydrogen-bond donors (Lipinski definition) is 3. The van der Waals surface area contributed by atoms with Gasteiger partial charge in [0.2, 0.25) is 0 Å². The Morgan fingerprint density at radius 2 is 1.62 bits per heavy atom. The fourth-order valence-electron chi connectivity index (χ4n) is 3.91. The number of halogens is 2. The Hall–Kier alpha value is -2.54. The van der Waals surface area contributed by atoms with Crippen LogP contribution in [0, 0.1) is 5.92 Å². The number of nitrogens with one attached hydrogen (secondary N) is 1. The lowest BCUT2D eigenvalue weighted by Gasteiger charge is -2.21. The van der Waals surface area contributed by atoms with Crippen molar-refractivity contribution in [2.75, 3.05) is 0 Å². The second-order valence-corrected chi connectivity index (χ2v) is 9.23. The monoisotopic (exact) mass is 476 g/mol. The van der Waals surface area contributed by atoms with E-state index in [0.717, 1.165) is 22.0 Å². The van der Waals surface area contributed by atoms with Crippen LogP contribution in [0.1, 0.15) is 31.4 Å². The lowest BCUT2D eigenvalue weighted by atomic mass is 10.0. The third-order valence-electron chi connectivity index (χ3n) is 5.28. The van der Waals surface area contributed by atoms with Gasteiger partial charge in [-0.3, -0.25) is 14.9 Å². The van der Waals surface area contributed by atoms with Crippen LogP contribution < -0.4 is 5.32 Å². The molecule has 0 aliphatic heterocycles. The van der Waals surface area contributed by atoms with Gasteiger partial charge in [-0.2, -0.15) is 0 Å². The molecule has 0 saturated heterocycles. The average Bonchev–Trinajstić information content (AvgIpc) is 3.03. The molecule has 0 bridgehead atoms. The standard InChI is InChI=1S/C24H26Cl2N2O4/c1-14(2)7-20(23(29)30)27-21(24(31)32)10-16-13-28(22-6-4-3-5-19(16)22)12-15-8-17(25)11-18(26)9-15/h3-6,8-9,11,13-14,20-21,27H,7,10,12H2,1-2H3,(H,29,30)(H,31,32)/t20-,21?/m0/s1. The zero-order chi connectivity index (χ0) is 23.4. The highest BCUT2D eigenvalue weighted by atomic mass is 35.5. The van der Waals surface area contributed by atoms with Gasteiger partial charge < -0.3 is 14.8 Å². The Bertz CT molecular complexity index is 1110. The van der Waals surface area contributed by atoms with Gasteiger partial charge in [-0.25, -0.2) is 0 Å². The second kappa shape index (κ2) is 10.4. The highest BCUT2D eigenvalue weighted by Crippen LogP contribution is 2.26. The summed E-state index contributed by atoms with van der Waals surface area (Å²) < 4.78 is 2.02. The van der Waals surface area contributed by atoms with Crippen LogP contribution in [-0.4, -0.2) is 38.8 Å². The molecule has 0 amide bonds. The van der Waals surface area contributed by atoms with Crippen LogP contribution in [0.25, 0.3) is 10.9 Å². The van der Waals surface area contributed by atoms with Gasteiger partial charge in [0.05, 0.1) is 0 Å². The molecule has 0 saturated carbocycles. The molecular formula is C24H26Cl2N2O4. The van der Waals surface area contributed by atoms with Gasteiger partial charge in [-0.05, 0) is 47.7 Å². The van der Waals surface area contributed by atoms with Crippen LogP contribution in [0.4, 0.5) is 0 Å². The number of para-hydroxylation sites is 1. The molecule has 0 fully saturated rings. The molecule has 0 radical (unpaired) electrons. The van der Waals surface area contributed by atoms with Crippen molar-refractivity contribution in [3.8, 4) is 0 Å². The average molecular weight is 477 g/mol. The first-order valence-electron chi connectivity index (χ1n) is 10.4. The summed E-state index contributed by atoms with van der Waals surface area (Å²) in [6, 6.07) is 11.1. The fourth-order valence-corrected chi connectivity index (χ4v) is 4.48. The van der Waals surface area contributed by atoms with Crippen molar-refractivity contribution in [2.45, 2.75) is 45.3 Å². The molecule has 1 unspecified atom stereocenters. The largest absolute Gasteiger partial charge is 0.480 e. The number of rotatable bonds is 10. The summed E-state index contributed by atoms with van der Waals surface area (Å²) in [6.45, 7) is 4.32. The number of fused-ring (bicyclic) bond motifs is 1. The lowest BCUT2D eigenvalue weighted by Crippen LogP contribution is -2.48. The van der Waals surface area contributed by atoms with Crippen LogP contribution >= 0.6 is 23.2 Å². The predicted octanol–water partition coefficient (Wildman–Crippen LogP) is 5.08. The van der Waals surface area contributed by atoms with Crippen LogP contribution in [0.5, 0.6) is 0 Å². The number of aromatic nitrogens is 1. The molecule has 0 aliphatic carbocycles.